The lowest BCUT2D eigenvalue weighted by molar-refractivity contribution is -0.147. The first kappa shape index (κ1) is 21.1. The van der Waals surface area contributed by atoms with Gasteiger partial charge < -0.3 is 20.7 Å². The first-order chi connectivity index (χ1) is 12.2. The highest BCUT2D eigenvalue weighted by Crippen LogP contribution is 2.09. The second kappa shape index (κ2) is 10.2. The van der Waals surface area contributed by atoms with Gasteiger partial charge in [-0.2, -0.15) is 0 Å². The van der Waals surface area contributed by atoms with E-state index in [0.717, 1.165) is 11.1 Å². The Hall–Kier alpha value is -2.90. The van der Waals surface area contributed by atoms with Crippen molar-refractivity contribution in [3.05, 3.63) is 34.9 Å². The van der Waals surface area contributed by atoms with Gasteiger partial charge in [-0.15, -0.1) is 0 Å². The smallest absolute Gasteiger partial charge is 0.325 e. The summed E-state index contributed by atoms with van der Waals surface area (Å²) in [6.07, 6.45) is 0. The third-order valence-corrected chi connectivity index (χ3v) is 3.42. The van der Waals surface area contributed by atoms with Gasteiger partial charge >= 0.3 is 5.97 Å². The van der Waals surface area contributed by atoms with Gasteiger partial charge in [0, 0.05) is 11.6 Å². The molecule has 0 saturated carbocycles. The number of carbonyl (C=O) groups is 4. The molecule has 0 fully saturated rings. The van der Waals surface area contributed by atoms with E-state index in [1.165, 1.54) is 0 Å². The number of nitrogens with one attached hydrogen (secondary N) is 3. The van der Waals surface area contributed by atoms with Crippen LogP contribution in [0.5, 0.6) is 0 Å². The van der Waals surface area contributed by atoms with Crippen molar-refractivity contribution in [3.63, 3.8) is 0 Å². The average molecular weight is 363 g/mol. The molecule has 8 heteroatoms. The molecule has 0 bridgehead atoms. The molecule has 0 saturated heterocycles. The second-order valence-electron chi connectivity index (χ2n) is 6.14. The zero-order chi connectivity index (χ0) is 19.7. The van der Waals surface area contributed by atoms with E-state index in [9.17, 15) is 19.2 Å². The molecule has 0 atom stereocenters. The van der Waals surface area contributed by atoms with Gasteiger partial charge in [0.15, 0.2) is 6.61 Å². The number of benzene rings is 1. The third-order valence-electron chi connectivity index (χ3n) is 3.42. The predicted octanol–water partition coefficient (Wildman–Crippen LogP) is 0.217. The van der Waals surface area contributed by atoms with Gasteiger partial charge in [0.1, 0.15) is 6.54 Å². The Bertz CT molecular complexity index is 685. The molecule has 0 aromatic heterocycles. The molecule has 1 rings (SSSR count). The van der Waals surface area contributed by atoms with Gasteiger partial charge in [-0.3, -0.25) is 19.2 Å². The first-order valence-corrected chi connectivity index (χ1v) is 8.26. The van der Waals surface area contributed by atoms with Crippen molar-refractivity contribution in [1.82, 2.24) is 16.0 Å². The number of hydrogen-bond acceptors (Lipinski definition) is 5. The lowest BCUT2D eigenvalue weighted by Crippen LogP contribution is -2.41. The molecule has 3 N–H and O–H groups in total. The fourth-order valence-corrected chi connectivity index (χ4v) is 1.94. The van der Waals surface area contributed by atoms with E-state index >= 15 is 0 Å². The van der Waals surface area contributed by atoms with Crippen LogP contribution in [0.1, 0.15) is 35.3 Å². The van der Waals surface area contributed by atoms with Crippen LogP contribution in [0.3, 0.4) is 0 Å². The standard InChI is InChI=1S/C18H25N3O5/c1-11(2)21-15(22)8-19-16(23)10-26-17(24)9-20-18(25)14-6-5-12(3)13(4)7-14/h5-7,11H,8-10H2,1-4H3,(H,19,23)(H,20,25)(H,21,22). The lowest BCUT2D eigenvalue weighted by atomic mass is 10.1. The normalized spacial score (nSPS) is 10.2. The number of aryl methyl sites for hydroxylation is 2. The van der Waals surface area contributed by atoms with Crippen molar-refractivity contribution in [3.8, 4) is 0 Å². The highest BCUT2D eigenvalue weighted by molar-refractivity contribution is 5.96. The quantitative estimate of drug-likeness (QED) is 0.572. The zero-order valence-electron chi connectivity index (χ0n) is 15.5. The number of esters is 1. The monoisotopic (exact) mass is 363 g/mol. The van der Waals surface area contributed by atoms with E-state index in [4.69, 9.17) is 4.74 Å². The maximum Gasteiger partial charge on any atom is 0.325 e. The lowest BCUT2D eigenvalue weighted by Gasteiger charge is -2.10. The number of hydrogen-bond donors (Lipinski definition) is 3. The highest BCUT2D eigenvalue weighted by atomic mass is 16.5. The summed E-state index contributed by atoms with van der Waals surface area (Å²) in [4.78, 5) is 46.4. The van der Waals surface area contributed by atoms with Gasteiger partial charge in [0.25, 0.3) is 11.8 Å². The first-order valence-electron chi connectivity index (χ1n) is 8.26. The van der Waals surface area contributed by atoms with E-state index in [2.05, 4.69) is 16.0 Å². The molecular formula is C18H25N3O5. The molecule has 26 heavy (non-hydrogen) atoms. The van der Waals surface area contributed by atoms with Crippen molar-refractivity contribution in [1.29, 1.82) is 0 Å². The van der Waals surface area contributed by atoms with Crippen LogP contribution in [0.4, 0.5) is 0 Å². The molecule has 0 aliphatic heterocycles. The second-order valence-corrected chi connectivity index (χ2v) is 6.14. The molecule has 0 unspecified atom stereocenters. The summed E-state index contributed by atoms with van der Waals surface area (Å²) < 4.78 is 4.75. The maximum atomic E-state index is 12.0. The summed E-state index contributed by atoms with van der Waals surface area (Å²) in [5.41, 5.74) is 2.47. The van der Waals surface area contributed by atoms with Crippen LogP contribution in [0.25, 0.3) is 0 Å². The van der Waals surface area contributed by atoms with Crippen LogP contribution in [0, 0.1) is 13.8 Å². The van der Waals surface area contributed by atoms with Gasteiger partial charge in [-0.05, 0) is 51.0 Å². The van der Waals surface area contributed by atoms with Crippen molar-refractivity contribution >= 4 is 23.7 Å². The van der Waals surface area contributed by atoms with Crippen LogP contribution in [-0.4, -0.2) is 49.4 Å². The molecule has 0 spiro atoms. The Balaban J connectivity index is 2.29. The zero-order valence-corrected chi connectivity index (χ0v) is 15.5. The van der Waals surface area contributed by atoms with Crippen molar-refractivity contribution < 1.29 is 23.9 Å². The molecule has 0 heterocycles. The third kappa shape index (κ3) is 7.78. The van der Waals surface area contributed by atoms with Gasteiger partial charge in [-0.25, -0.2) is 0 Å². The van der Waals surface area contributed by atoms with Crippen LogP contribution in [0.2, 0.25) is 0 Å². The molecule has 8 nitrogen and oxygen atoms in total. The molecule has 0 aliphatic rings. The average Bonchev–Trinajstić information content (AvgIpc) is 2.57. The number of rotatable bonds is 8. The van der Waals surface area contributed by atoms with Gasteiger partial charge in [-0.1, -0.05) is 6.07 Å². The Morgan fingerprint density at radius 1 is 0.962 bits per heavy atom. The predicted molar refractivity (Wildman–Crippen MR) is 95.5 cm³/mol. The van der Waals surface area contributed by atoms with Crippen molar-refractivity contribution in [2.75, 3.05) is 19.7 Å². The summed E-state index contributed by atoms with van der Waals surface area (Å²) in [6.45, 7) is 6.35. The molecule has 1 aromatic rings. The molecule has 0 aliphatic carbocycles. The van der Waals surface area contributed by atoms with Gasteiger partial charge in [0.2, 0.25) is 5.91 Å². The number of amides is 3. The van der Waals surface area contributed by atoms with E-state index in [-0.39, 0.29) is 25.0 Å². The maximum absolute atomic E-state index is 12.0. The summed E-state index contributed by atoms with van der Waals surface area (Å²) in [7, 11) is 0. The Kier molecular flexibility index (Phi) is 8.27. The van der Waals surface area contributed by atoms with E-state index in [1.807, 2.05) is 19.9 Å². The fourth-order valence-electron chi connectivity index (χ4n) is 1.94. The largest absolute Gasteiger partial charge is 0.454 e. The van der Waals surface area contributed by atoms with Gasteiger partial charge in [0.05, 0.1) is 6.54 Å². The number of carbonyl (C=O) groups excluding carboxylic acids is 4. The molecule has 1 aromatic carbocycles. The van der Waals surface area contributed by atoms with Crippen LogP contribution in [0.15, 0.2) is 18.2 Å². The molecular weight excluding hydrogens is 338 g/mol. The minimum absolute atomic E-state index is 0.0295. The topological polar surface area (TPSA) is 114 Å². The summed E-state index contributed by atoms with van der Waals surface area (Å²) in [5, 5.41) is 7.37. The number of ether oxygens (including phenoxy) is 1. The molecule has 0 radical (unpaired) electrons. The van der Waals surface area contributed by atoms with Crippen molar-refractivity contribution in [2.24, 2.45) is 0 Å². The van der Waals surface area contributed by atoms with Crippen molar-refractivity contribution in [2.45, 2.75) is 33.7 Å². The minimum atomic E-state index is -0.746. The van der Waals surface area contributed by atoms with Crippen LogP contribution >= 0.6 is 0 Å². The molecule has 3 amide bonds. The fraction of sp³-hybridized carbons (Fsp3) is 0.444. The summed E-state index contributed by atoms with van der Waals surface area (Å²) in [5.74, 6) is -2.08. The molecule has 142 valence electrons. The Labute approximate surface area is 152 Å². The summed E-state index contributed by atoms with van der Waals surface area (Å²) >= 11 is 0. The van der Waals surface area contributed by atoms with E-state index in [1.54, 1.807) is 26.0 Å². The van der Waals surface area contributed by atoms with E-state index in [0.29, 0.717) is 5.56 Å². The Morgan fingerprint density at radius 2 is 1.65 bits per heavy atom. The van der Waals surface area contributed by atoms with E-state index < -0.39 is 24.4 Å². The van der Waals surface area contributed by atoms with Crippen LogP contribution < -0.4 is 16.0 Å². The Morgan fingerprint density at radius 3 is 2.27 bits per heavy atom. The SMILES string of the molecule is Cc1ccc(C(=O)NCC(=O)OCC(=O)NCC(=O)NC(C)C)cc1C. The highest BCUT2D eigenvalue weighted by Gasteiger charge is 2.12. The summed E-state index contributed by atoms with van der Waals surface area (Å²) in [6, 6.07) is 5.19. The minimum Gasteiger partial charge on any atom is -0.454 e. The van der Waals surface area contributed by atoms with Crippen LogP contribution in [-0.2, 0) is 19.1 Å².